The molecule has 25 heavy (non-hydrogen) atoms. The van der Waals surface area contributed by atoms with Gasteiger partial charge < -0.3 is 15.1 Å². The monoisotopic (exact) mass is 365 g/mol. The zero-order chi connectivity index (χ0) is 18.2. The number of aromatic nitrogens is 1. The Kier molecular flexibility index (Phi) is 4.60. The number of halogens is 1. The number of carbonyl (C=O) groups excluding carboxylic acids is 2. The van der Waals surface area contributed by atoms with Gasteiger partial charge in [0, 0.05) is 31.1 Å². The van der Waals surface area contributed by atoms with Crippen molar-refractivity contribution in [2.24, 2.45) is 5.73 Å². The fourth-order valence-electron chi connectivity index (χ4n) is 3.57. The van der Waals surface area contributed by atoms with Crippen molar-refractivity contribution >= 4 is 34.5 Å². The number of fused-ring (bicyclic) bond motifs is 1. The largest absolute Gasteiger partial charge is 0.419 e. The van der Waals surface area contributed by atoms with E-state index in [0.717, 1.165) is 12.8 Å². The fraction of sp³-hybridized carbons (Fsp3) is 0.471. The zero-order valence-electron chi connectivity index (χ0n) is 14.0. The number of primary amides is 1. The van der Waals surface area contributed by atoms with Crippen LogP contribution >= 0.6 is 11.6 Å². The first-order valence-corrected chi connectivity index (χ1v) is 8.58. The first-order chi connectivity index (χ1) is 11.8. The maximum absolute atomic E-state index is 12.6. The third kappa shape index (κ3) is 3.04. The molecule has 0 atom stereocenters. The molecule has 2 amide bonds. The van der Waals surface area contributed by atoms with Crippen molar-refractivity contribution in [3.63, 3.8) is 0 Å². The molecule has 134 valence electrons. The van der Waals surface area contributed by atoms with Gasteiger partial charge >= 0.3 is 5.76 Å². The van der Waals surface area contributed by atoms with E-state index in [2.05, 4.69) is 0 Å². The minimum Gasteiger partial charge on any atom is -0.408 e. The van der Waals surface area contributed by atoms with Gasteiger partial charge in [0.05, 0.1) is 5.52 Å². The van der Waals surface area contributed by atoms with E-state index in [1.807, 2.05) is 0 Å². The standard InChI is InChI=1S/C17H20ClN3O4/c1-20(17(15(19)23)7-2-3-8-17)14(22)6-9-21-12-5-4-11(18)10-13(12)25-16(21)24/h4-5,10H,2-3,6-9H2,1H3,(H2,19,23). The number of amides is 2. The molecule has 1 saturated carbocycles. The number of aryl methyl sites for hydroxylation is 1. The van der Waals surface area contributed by atoms with E-state index < -0.39 is 17.2 Å². The molecule has 1 aliphatic rings. The van der Waals surface area contributed by atoms with Crippen LogP contribution in [-0.4, -0.2) is 33.9 Å². The summed E-state index contributed by atoms with van der Waals surface area (Å²) in [6.07, 6.45) is 2.97. The maximum atomic E-state index is 12.6. The number of nitrogens with zero attached hydrogens (tertiary/aromatic N) is 2. The summed E-state index contributed by atoms with van der Waals surface area (Å²) in [5.74, 6) is -1.24. The second kappa shape index (κ2) is 6.55. The van der Waals surface area contributed by atoms with Crippen LogP contribution in [0, 0.1) is 0 Å². The van der Waals surface area contributed by atoms with Crippen LogP contribution < -0.4 is 11.5 Å². The molecule has 1 aromatic carbocycles. The van der Waals surface area contributed by atoms with Crippen LogP contribution in [0.1, 0.15) is 32.1 Å². The van der Waals surface area contributed by atoms with Crippen molar-refractivity contribution in [1.29, 1.82) is 0 Å². The van der Waals surface area contributed by atoms with Gasteiger partial charge in [-0.25, -0.2) is 4.79 Å². The maximum Gasteiger partial charge on any atom is 0.419 e. The number of hydrogen-bond acceptors (Lipinski definition) is 4. The third-order valence-corrected chi connectivity index (χ3v) is 5.32. The fourth-order valence-corrected chi connectivity index (χ4v) is 3.73. The first kappa shape index (κ1) is 17.5. The van der Waals surface area contributed by atoms with E-state index in [4.69, 9.17) is 21.8 Å². The Labute approximate surface area is 149 Å². The number of benzene rings is 1. The Balaban J connectivity index is 1.77. The highest BCUT2D eigenvalue weighted by molar-refractivity contribution is 6.31. The summed E-state index contributed by atoms with van der Waals surface area (Å²) in [4.78, 5) is 38.0. The number of rotatable bonds is 5. The highest BCUT2D eigenvalue weighted by atomic mass is 35.5. The molecule has 7 nitrogen and oxygen atoms in total. The van der Waals surface area contributed by atoms with E-state index in [-0.39, 0.29) is 18.9 Å². The lowest BCUT2D eigenvalue weighted by Gasteiger charge is -2.36. The molecule has 2 N–H and O–H groups in total. The molecule has 8 heteroatoms. The van der Waals surface area contributed by atoms with Gasteiger partial charge in [-0.15, -0.1) is 0 Å². The number of carbonyl (C=O) groups is 2. The number of nitrogens with two attached hydrogens (primary N) is 1. The summed E-state index contributed by atoms with van der Waals surface area (Å²) in [5.41, 5.74) is 5.61. The van der Waals surface area contributed by atoms with Crippen LogP contribution in [0.25, 0.3) is 11.1 Å². The molecule has 0 radical (unpaired) electrons. The van der Waals surface area contributed by atoms with Crippen LogP contribution in [0.5, 0.6) is 0 Å². The summed E-state index contributed by atoms with van der Waals surface area (Å²) in [6, 6.07) is 4.89. The van der Waals surface area contributed by atoms with Crippen LogP contribution in [0.2, 0.25) is 5.02 Å². The average molecular weight is 366 g/mol. The zero-order valence-corrected chi connectivity index (χ0v) is 14.7. The van der Waals surface area contributed by atoms with Crippen molar-refractivity contribution in [1.82, 2.24) is 9.47 Å². The minimum atomic E-state index is -0.909. The molecule has 0 bridgehead atoms. The van der Waals surface area contributed by atoms with E-state index in [1.165, 1.54) is 9.47 Å². The molecule has 2 aromatic rings. The van der Waals surface area contributed by atoms with Gasteiger partial charge in [0.15, 0.2) is 5.58 Å². The molecule has 0 saturated heterocycles. The smallest absolute Gasteiger partial charge is 0.408 e. The van der Waals surface area contributed by atoms with Gasteiger partial charge in [-0.05, 0) is 25.0 Å². The molecule has 1 heterocycles. The van der Waals surface area contributed by atoms with E-state index in [9.17, 15) is 14.4 Å². The van der Waals surface area contributed by atoms with Crippen molar-refractivity contribution in [2.75, 3.05) is 7.05 Å². The normalized spacial score (nSPS) is 16.2. The summed E-state index contributed by atoms with van der Waals surface area (Å²) in [5, 5.41) is 0.467. The van der Waals surface area contributed by atoms with E-state index >= 15 is 0 Å². The lowest BCUT2D eigenvalue weighted by Crippen LogP contribution is -2.56. The highest BCUT2D eigenvalue weighted by Crippen LogP contribution is 2.34. The predicted molar refractivity (Wildman–Crippen MR) is 93.3 cm³/mol. The van der Waals surface area contributed by atoms with Gasteiger partial charge in [-0.1, -0.05) is 24.4 Å². The topological polar surface area (TPSA) is 98.5 Å². The Morgan fingerprint density at radius 3 is 2.68 bits per heavy atom. The molecule has 0 spiro atoms. The summed E-state index contributed by atoms with van der Waals surface area (Å²) in [6.45, 7) is 0.158. The van der Waals surface area contributed by atoms with Crippen molar-refractivity contribution in [2.45, 2.75) is 44.2 Å². The van der Waals surface area contributed by atoms with Gasteiger partial charge in [0.2, 0.25) is 11.8 Å². The SMILES string of the molecule is CN(C(=O)CCn1c(=O)oc2cc(Cl)ccc21)C1(C(N)=O)CCCC1. The Bertz CT molecular complexity index is 880. The van der Waals surface area contributed by atoms with E-state index in [0.29, 0.717) is 29.0 Å². The van der Waals surface area contributed by atoms with Gasteiger partial charge in [0.25, 0.3) is 0 Å². The Hall–Kier alpha value is -2.28. The van der Waals surface area contributed by atoms with Gasteiger partial charge in [0.1, 0.15) is 5.54 Å². The van der Waals surface area contributed by atoms with Gasteiger partial charge in [-0.2, -0.15) is 0 Å². The second-order valence-corrected chi connectivity index (χ2v) is 6.87. The molecule has 3 rings (SSSR count). The molecule has 1 aromatic heterocycles. The molecular formula is C17H20ClN3O4. The molecular weight excluding hydrogens is 346 g/mol. The lowest BCUT2D eigenvalue weighted by atomic mass is 9.94. The number of hydrogen-bond donors (Lipinski definition) is 1. The van der Waals surface area contributed by atoms with Crippen LogP contribution in [0.15, 0.2) is 27.4 Å². The second-order valence-electron chi connectivity index (χ2n) is 6.44. The van der Waals surface area contributed by atoms with Crippen molar-refractivity contribution in [3.8, 4) is 0 Å². The van der Waals surface area contributed by atoms with Crippen LogP contribution in [0.3, 0.4) is 0 Å². The van der Waals surface area contributed by atoms with Gasteiger partial charge in [-0.3, -0.25) is 14.2 Å². The predicted octanol–water partition coefficient (Wildman–Crippen LogP) is 1.89. The van der Waals surface area contributed by atoms with Crippen molar-refractivity contribution in [3.05, 3.63) is 33.8 Å². The quantitative estimate of drug-likeness (QED) is 0.874. The number of oxazole rings is 1. The van der Waals surface area contributed by atoms with Crippen LogP contribution in [-0.2, 0) is 16.1 Å². The highest BCUT2D eigenvalue weighted by Gasteiger charge is 2.45. The Morgan fingerprint density at radius 1 is 1.36 bits per heavy atom. The molecule has 0 unspecified atom stereocenters. The molecule has 1 fully saturated rings. The first-order valence-electron chi connectivity index (χ1n) is 8.20. The average Bonchev–Trinajstić information content (AvgIpc) is 3.16. The third-order valence-electron chi connectivity index (χ3n) is 5.09. The lowest BCUT2D eigenvalue weighted by molar-refractivity contribution is -0.144. The van der Waals surface area contributed by atoms with Crippen molar-refractivity contribution < 1.29 is 14.0 Å². The Morgan fingerprint density at radius 2 is 2.04 bits per heavy atom. The minimum absolute atomic E-state index is 0.0721. The number of likely N-dealkylation sites (N-methyl/N-ethyl adjacent to an activating group) is 1. The van der Waals surface area contributed by atoms with E-state index in [1.54, 1.807) is 25.2 Å². The van der Waals surface area contributed by atoms with Crippen LogP contribution in [0.4, 0.5) is 0 Å². The summed E-state index contributed by atoms with van der Waals surface area (Å²) < 4.78 is 6.55. The summed E-state index contributed by atoms with van der Waals surface area (Å²) in [7, 11) is 1.61. The molecule has 1 aliphatic carbocycles. The molecule has 0 aliphatic heterocycles. The summed E-state index contributed by atoms with van der Waals surface area (Å²) >= 11 is 5.89.